The first kappa shape index (κ1) is 23.4. The van der Waals surface area contributed by atoms with Gasteiger partial charge in [0.1, 0.15) is 29.1 Å². The van der Waals surface area contributed by atoms with Crippen LogP contribution in [0.2, 0.25) is 0 Å². The van der Waals surface area contributed by atoms with Gasteiger partial charge < -0.3 is 9.30 Å². The lowest BCUT2D eigenvalue weighted by Crippen LogP contribution is -2.33. The number of ether oxygens (including phenoxy) is 1. The number of aromatic nitrogens is 4. The molecule has 0 fully saturated rings. The Kier molecular flexibility index (Phi) is 6.34. The fourth-order valence-electron chi connectivity index (χ4n) is 4.69. The summed E-state index contributed by atoms with van der Waals surface area (Å²) < 4.78 is 37.0. The topological polar surface area (TPSA) is 85.7 Å². The molecule has 0 radical (unpaired) electrons. The molecule has 4 aromatic rings. The van der Waals surface area contributed by atoms with Gasteiger partial charge in [0, 0.05) is 12.5 Å². The number of nitriles is 1. The van der Waals surface area contributed by atoms with Gasteiger partial charge in [-0.1, -0.05) is 37.6 Å². The predicted octanol–water partition coefficient (Wildman–Crippen LogP) is 4.82. The van der Waals surface area contributed by atoms with Crippen molar-refractivity contribution >= 4 is 0 Å². The zero-order chi connectivity index (χ0) is 25.2. The van der Waals surface area contributed by atoms with Gasteiger partial charge in [-0.25, -0.2) is 13.8 Å². The van der Waals surface area contributed by atoms with E-state index in [1.165, 1.54) is 36.7 Å². The highest BCUT2D eigenvalue weighted by molar-refractivity contribution is 5.62. The molecule has 36 heavy (non-hydrogen) atoms. The normalized spacial score (nSPS) is 14.2. The number of benzene rings is 2. The lowest BCUT2D eigenvalue weighted by molar-refractivity contribution is 0.288. The molecule has 1 atom stereocenters. The molecule has 0 saturated carbocycles. The molecule has 0 N–H and O–H groups in total. The number of fused-ring (bicyclic) bond motifs is 3. The summed E-state index contributed by atoms with van der Waals surface area (Å²) >= 11 is 0. The number of imidazole rings is 1. The second kappa shape index (κ2) is 9.74. The van der Waals surface area contributed by atoms with Crippen LogP contribution in [-0.4, -0.2) is 25.9 Å². The Labute approximate surface area is 206 Å². The maximum absolute atomic E-state index is 13.8. The average Bonchev–Trinajstić information content (AvgIpc) is 3.30. The highest BCUT2D eigenvalue weighted by atomic mass is 19.1. The molecule has 0 spiro atoms. The van der Waals surface area contributed by atoms with Gasteiger partial charge in [-0.3, -0.25) is 9.48 Å². The summed E-state index contributed by atoms with van der Waals surface area (Å²) in [7, 11) is 0. The first-order valence-corrected chi connectivity index (χ1v) is 11.7. The monoisotopic (exact) mass is 487 g/mol. The lowest BCUT2D eigenvalue weighted by atomic mass is 9.84. The standard InChI is InChI=1S/C27H23F2N5O2/c1-2-3-12-36-26-23(35)15-32-34-22(16-33-21(13-30)14-31-27(33)25(26)34)24(17-4-8-19(28)9-5-17)18-6-10-20(29)11-7-18/h4-11,14-15,22,24H,2-3,12,16H2,1H3/t22-/m1/s1. The van der Waals surface area contributed by atoms with Crippen molar-refractivity contribution in [2.45, 2.75) is 38.3 Å². The van der Waals surface area contributed by atoms with Gasteiger partial charge in [0.05, 0.1) is 25.0 Å². The van der Waals surface area contributed by atoms with E-state index >= 15 is 0 Å². The van der Waals surface area contributed by atoms with Crippen LogP contribution < -0.4 is 10.2 Å². The first-order chi connectivity index (χ1) is 17.5. The Bertz CT molecular complexity index is 1440. The van der Waals surface area contributed by atoms with Crippen LogP contribution in [0.3, 0.4) is 0 Å². The zero-order valence-corrected chi connectivity index (χ0v) is 19.6. The first-order valence-electron chi connectivity index (χ1n) is 11.7. The predicted molar refractivity (Wildman–Crippen MR) is 129 cm³/mol. The van der Waals surface area contributed by atoms with Crippen LogP contribution in [0, 0.1) is 23.0 Å². The van der Waals surface area contributed by atoms with Crippen LogP contribution in [0.5, 0.6) is 5.75 Å². The summed E-state index contributed by atoms with van der Waals surface area (Å²) in [6, 6.07) is 13.9. The van der Waals surface area contributed by atoms with Crippen LogP contribution in [0.25, 0.3) is 11.5 Å². The smallest absolute Gasteiger partial charge is 0.242 e. The van der Waals surface area contributed by atoms with Crippen molar-refractivity contribution in [3.05, 3.63) is 99.6 Å². The van der Waals surface area contributed by atoms with Crippen molar-refractivity contribution in [3.8, 4) is 23.3 Å². The molecule has 1 aliphatic heterocycles. The summed E-state index contributed by atoms with van der Waals surface area (Å²) in [4.78, 5) is 17.3. The molecule has 2 aromatic carbocycles. The number of nitrogens with zero attached hydrogens (tertiary/aromatic N) is 5. The van der Waals surface area contributed by atoms with Crippen LogP contribution >= 0.6 is 0 Å². The third-order valence-corrected chi connectivity index (χ3v) is 6.42. The summed E-state index contributed by atoms with van der Waals surface area (Å²) in [5, 5.41) is 14.2. The number of rotatable bonds is 7. The molecule has 3 heterocycles. The van der Waals surface area contributed by atoms with Gasteiger partial charge in [0.25, 0.3) is 0 Å². The quantitative estimate of drug-likeness (QED) is 0.349. The van der Waals surface area contributed by atoms with Crippen LogP contribution in [0.1, 0.15) is 48.5 Å². The molecule has 0 amide bonds. The third kappa shape index (κ3) is 4.15. The van der Waals surface area contributed by atoms with E-state index in [2.05, 4.69) is 16.2 Å². The van der Waals surface area contributed by atoms with Gasteiger partial charge in [-0.2, -0.15) is 10.4 Å². The Morgan fingerprint density at radius 2 is 1.72 bits per heavy atom. The zero-order valence-electron chi connectivity index (χ0n) is 19.6. The van der Waals surface area contributed by atoms with Crippen LogP contribution in [0.4, 0.5) is 8.78 Å². The van der Waals surface area contributed by atoms with E-state index in [0.717, 1.165) is 24.0 Å². The minimum atomic E-state index is -0.459. The number of hydrogen-bond acceptors (Lipinski definition) is 5. The van der Waals surface area contributed by atoms with E-state index in [1.807, 2.05) is 6.92 Å². The average molecular weight is 488 g/mol. The van der Waals surface area contributed by atoms with E-state index in [1.54, 1.807) is 33.5 Å². The molecule has 5 rings (SSSR count). The van der Waals surface area contributed by atoms with E-state index in [-0.39, 0.29) is 22.8 Å². The fraction of sp³-hybridized carbons (Fsp3) is 0.259. The van der Waals surface area contributed by atoms with Crippen molar-refractivity contribution in [1.29, 1.82) is 5.26 Å². The Morgan fingerprint density at radius 3 is 2.31 bits per heavy atom. The van der Waals surface area contributed by atoms with Crippen molar-refractivity contribution in [2.24, 2.45) is 0 Å². The Morgan fingerprint density at radius 1 is 1.08 bits per heavy atom. The van der Waals surface area contributed by atoms with Gasteiger partial charge >= 0.3 is 0 Å². The van der Waals surface area contributed by atoms with Crippen molar-refractivity contribution in [3.63, 3.8) is 0 Å². The molecule has 0 bridgehead atoms. The molecular formula is C27H23F2N5O2. The van der Waals surface area contributed by atoms with Crippen molar-refractivity contribution < 1.29 is 13.5 Å². The highest BCUT2D eigenvalue weighted by Gasteiger charge is 2.37. The van der Waals surface area contributed by atoms with Gasteiger partial charge in [-0.05, 0) is 41.8 Å². The molecular weight excluding hydrogens is 464 g/mol. The number of hydrogen-bond donors (Lipinski definition) is 0. The molecule has 0 unspecified atom stereocenters. The van der Waals surface area contributed by atoms with Gasteiger partial charge in [-0.15, -0.1) is 0 Å². The molecule has 1 aliphatic rings. The largest absolute Gasteiger partial charge is 0.487 e. The maximum Gasteiger partial charge on any atom is 0.242 e. The second-order valence-electron chi connectivity index (χ2n) is 8.67. The SMILES string of the molecule is CCCCOc1c2n(ncc1=O)[C@@H](C(c1ccc(F)cc1)c1ccc(F)cc1)Cn1c(C#N)cnc1-2. The summed E-state index contributed by atoms with van der Waals surface area (Å²) in [6.45, 7) is 2.67. The van der Waals surface area contributed by atoms with Crippen molar-refractivity contribution in [2.75, 3.05) is 6.61 Å². The molecule has 182 valence electrons. The van der Waals surface area contributed by atoms with E-state index in [0.29, 0.717) is 30.4 Å². The van der Waals surface area contributed by atoms with Crippen LogP contribution in [0.15, 0.2) is 65.7 Å². The molecule has 2 aromatic heterocycles. The number of unbranched alkanes of at least 4 members (excludes halogenated alkanes) is 1. The van der Waals surface area contributed by atoms with Gasteiger partial charge in [0.2, 0.25) is 5.43 Å². The molecule has 7 nitrogen and oxygen atoms in total. The van der Waals surface area contributed by atoms with E-state index in [9.17, 15) is 18.8 Å². The van der Waals surface area contributed by atoms with Crippen LogP contribution in [-0.2, 0) is 6.54 Å². The van der Waals surface area contributed by atoms with E-state index < -0.39 is 12.0 Å². The summed E-state index contributed by atoms with van der Waals surface area (Å²) in [5.74, 6) is -0.631. The minimum absolute atomic E-state index is 0.122. The fourth-order valence-corrected chi connectivity index (χ4v) is 4.69. The third-order valence-electron chi connectivity index (χ3n) is 6.42. The Balaban J connectivity index is 1.74. The molecule has 0 saturated heterocycles. The summed E-state index contributed by atoms with van der Waals surface area (Å²) in [5.41, 5.74) is 1.87. The Hall–Kier alpha value is -4.32. The number of halogens is 2. The summed E-state index contributed by atoms with van der Waals surface area (Å²) in [6.07, 6.45) is 4.33. The molecule has 0 aliphatic carbocycles. The van der Waals surface area contributed by atoms with Crippen molar-refractivity contribution in [1.82, 2.24) is 19.3 Å². The second-order valence-corrected chi connectivity index (χ2v) is 8.67. The van der Waals surface area contributed by atoms with Gasteiger partial charge in [0.15, 0.2) is 11.6 Å². The maximum atomic E-state index is 13.8. The molecule has 9 heteroatoms. The lowest BCUT2D eigenvalue weighted by Gasteiger charge is -2.35. The van der Waals surface area contributed by atoms with E-state index in [4.69, 9.17) is 4.74 Å². The minimum Gasteiger partial charge on any atom is -0.487 e. The highest BCUT2D eigenvalue weighted by Crippen LogP contribution is 2.43.